The maximum Gasteiger partial charge on any atom is 0.314 e. The van der Waals surface area contributed by atoms with Gasteiger partial charge in [0.05, 0.1) is 6.04 Å². The second-order valence-electron chi connectivity index (χ2n) is 6.71. The van der Waals surface area contributed by atoms with Gasteiger partial charge in [-0.1, -0.05) is 25.5 Å². The van der Waals surface area contributed by atoms with E-state index in [0.717, 1.165) is 12.8 Å². The first-order valence-electron chi connectivity index (χ1n) is 7.53. The minimum atomic E-state index is -0.430. The van der Waals surface area contributed by atoms with Gasteiger partial charge in [-0.3, -0.25) is 4.79 Å². The number of rotatable bonds is 3. The van der Waals surface area contributed by atoms with E-state index >= 15 is 0 Å². The van der Waals surface area contributed by atoms with Crippen molar-refractivity contribution in [1.29, 1.82) is 0 Å². The van der Waals surface area contributed by atoms with E-state index in [0.29, 0.717) is 13.1 Å². The summed E-state index contributed by atoms with van der Waals surface area (Å²) in [5.74, 6) is -0.106. The summed E-state index contributed by atoms with van der Waals surface area (Å²) in [5, 5.41) is 2.89. The van der Waals surface area contributed by atoms with E-state index in [-0.39, 0.29) is 17.4 Å². The fraction of sp³-hybridized carbons (Fsp3) is 0.625. The lowest BCUT2D eigenvalue weighted by Gasteiger charge is -2.38. The Kier molecular flexibility index (Phi) is 4.40. The van der Waals surface area contributed by atoms with Gasteiger partial charge in [0.2, 0.25) is 5.91 Å². The van der Waals surface area contributed by atoms with Crippen LogP contribution < -0.4 is 11.1 Å². The number of carbonyl (C=O) groups excluding carboxylic acids is 2. The highest BCUT2D eigenvalue weighted by atomic mass is 16.2. The van der Waals surface area contributed by atoms with E-state index in [4.69, 9.17) is 5.73 Å². The molecule has 0 unspecified atom stereocenters. The van der Waals surface area contributed by atoms with Crippen LogP contribution in [0, 0.1) is 5.41 Å². The summed E-state index contributed by atoms with van der Waals surface area (Å²) in [4.78, 5) is 24.3. The minimum absolute atomic E-state index is 0.0177. The molecule has 116 valence electrons. The van der Waals surface area contributed by atoms with Crippen LogP contribution in [0.1, 0.15) is 40.0 Å². The number of nitrogens with zero attached hydrogens (tertiary/aromatic N) is 1. The van der Waals surface area contributed by atoms with E-state index in [2.05, 4.69) is 26.1 Å². The number of urea groups is 1. The standard InChI is InChI=1S/C16H25N3O2/c1-11-5-4-8-16(2,3)13(11)6-7-14(20)18-12-9-19(10-12)15(17)21/h6-7,12H,4-5,8-10H2,1-3H3,(H2,17,21)(H,18,20). The molecule has 0 aromatic carbocycles. The second-order valence-corrected chi connectivity index (χ2v) is 6.71. The molecular weight excluding hydrogens is 266 g/mol. The molecule has 0 radical (unpaired) electrons. The molecule has 1 fully saturated rings. The van der Waals surface area contributed by atoms with E-state index in [9.17, 15) is 9.59 Å². The van der Waals surface area contributed by atoms with Gasteiger partial charge in [-0.05, 0) is 37.2 Å². The predicted molar refractivity (Wildman–Crippen MR) is 82.6 cm³/mol. The van der Waals surface area contributed by atoms with Crippen LogP contribution in [-0.2, 0) is 4.79 Å². The van der Waals surface area contributed by atoms with Gasteiger partial charge in [0, 0.05) is 19.2 Å². The van der Waals surface area contributed by atoms with Gasteiger partial charge in [-0.25, -0.2) is 4.79 Å². The molecule has 1 aliphatic carbocycles. The zero-order valence-corrected chi connectivity index (χ0v) is 13.1. The molecule has 5 heteroatoms. The van der Waals surface area contributed by atoms with Crippen molar-refractivity contribution < 1.29 is 9.59 Å². The van der Waals surface area contributed by atoms with Crippen LogP contribution in [0.4, 0.5) is 4.79 Å². The highest BCUT2D eigenvalue weighted by molar-refractivity contribution is 5.88. The minimum Gasteiger partial charge on any atom is -0.351 e. The SMILES string of the molecule is CC1=C(C=CC(=O)NC2CN(C(N)=O)C2)C(C)(C)CCC1. The quantitative estimate of drug-likeness (QED) is 0.780. The predicted octanol–water partition coefficient (Wildman–Crippen LogP) is 1.95. The normalized spacial score (nSPS) is 22.3. The number of hydrogen-bond acceptors (Lipinski definition) is 2. The first kappa shape index (κ1) is 15.6. The van der Waals surface area contributed by atoms with Crippen LogP contribution in [0.15, 0.2) is 23.3 Å². The molecule has 3 amide bonds. The zero-order chi connectivity index (χ0) is 15.6. The molecule has 3 N–H and O–H groups in total. The van der Waals surface area contributed by atoms with Crippen molar-refractivity contribution in [1.82, 2.24) is 10.2 Å². The van der Waals surface area contributed by atoms with Crippen molar-refractivity contribution in [2.45, 2.75) is 46.1 Å². The number of primary amides is 1. The van der Waals surface area contributed by atoms with Crippen molar-refractivity contribution in [3.63, 3.8) is 0 Å². The summed E-state index contributed by atoms with van der Waals surface area (Å²) in [5.41, 5.74) is 7.93. The zero-order valence-electron chi connectivity index (χ0n) is 13.1. The summed E-state index contributed by atoms with van der Waals surface area (Å²) >= 11 is 0. The number of carbonyl (C=O) groups is 2. The molecule has 1 heterocycles. The van der Waals surface area contributed by atoms with Gasteiger partial charge in [-0.15, -0.1) is 0 Å². The van der Waals surface area contributed by atoms with E-state index in [1.165, 1.54) is 22.5 Å². The van der Waals surface area contributed by atoms with E-state index in [1.807, 2.05) is 6.08 Å². The lowest BCUT2D eigenvalue weighted by atomic mass is 9.72. The van der Waals surface area contributed by atoms with Gasteiger partial charge in [0.15, 0.2) is 0 Å². The van der Waals surface area contributed by atoms with Crippen molar-refractivity contribution in [3.8, 4) is 0 Å². The molecule has 21 heavy (non-hydrogen) atoms. The number of allylic oxidation sites excluding steroid dienone is 3. The summed E-state index contributed by atoms with van der Waals surface area (Å²) in [6.45, 7) is 7.60. The molecule has 0 bridgehead atoms. The van der Waals surface area contributed by atoms with Crippen molar-refractivity contribution in [3.05, 3.63) is 23.3 Å². The van der Waals surface area contributed by atoms with Gasteiger partial charge >= 0.3 is 6.03 Å². The van der Waals surface area contributed by atoms with Crippen LogP contribution in [0.5, 0.6) is 0 Å². The average molecular weight is 291 g/mol. The average Bonchev–Trinajstić information content (AvgIpc) is 2.31. The molecule has 0 saturated carbocycles. The molecule has 1 saturated heterocycles. The number of hydrogen-bond donors (Lipinski definition) is 2. The number of likely N-dealkylation sites (tertiary alicyclic amines) is 1. The van der Waals surface area contributed by atoms with E-state index in [1.54, 1.807) is 6.08 Å². The molecule has 0 aromatic heterocycles. The van der Waals surface area contributed by atoms with Crippen molar-refractivity contribution in [2.24, 2.45) is 11.1 Å². The maximum atomic E-state index is 11.9. The fourth-order valence-corrected chi connectivity index (χ4v) is 3.17. The largest absolute Gasteiger partial charge is 0.351 e. The second kappa shape index (κ2) is 5.92. The molecule has 0 spiro atoms. The van der Waals surface area contributed by atoms with Crippen LogP contribution in [0.25, 0.3) is 0 Å². The number of nitrogens with one attached hydrogen (secondary N) is 1. The molecule has 2 rings (SSSR count). The van der Waals surface area contributed by atoms with Crippen molar-refractivity contribution >= 4 is 11.9 Å². The Hall–Kier alpha value is -1.78. The van der Waals surface area contributed by atoms with Crippen LogP contribution in [0.3, 0.4) is 0 Å². The smallest absolute Gasteiger partial charge is 0.314 e. The van der Waals surface area contributed by atoms with Crippen LogP contribution in [0.2, 0.25) is 0 Å². The highest BCUT2D eigenvalue weighted by Gasteiger charge is 2.30. The molecule has 0 atom stereocenters. The number of amides is 3. The Morgan fingerprint density at radius 3 is 2.62 bits per heavy atom. The lowest BCUT2D eigenvalue weighted by molar-refractivity contribution is -0.118. The Balaban J connectivity index is 1.89. The summed E-state index contributed by atoms with van der Waals surface area (Å²) in [6, 6.07) is -0.412. The van der Waals surface area contributed by atoms with Gasteiger partial charge in [0.25, 0.3) is 0 Å². The molecule has 2 aliphatic rings. The van der Waals surface area contributed by atoms with Gasteiger partial charge < -0.3 is 16.0 Å². The summed E-state index contributed by atoms with van der Waals surface area (Å²) in [7, 11) is 0. The molecule has 5 nitrogen and oxygen atoms in total. The Bertz CT molecular complexity index is 500. The van der Waals surface area contributed by atoms with Crippen LogP contribution >= 0.6 is 0 Å². The maximum absolute atomic E-state index is 11.9. The van der Waals surface area contributed by atoms with Gasteiger partial charge in [0.1, 0.15) is 0 Å². The Morgan fingerprint density at radius 2 is 2.05 bits per heavy atom. The monoisotopic (exact) mass is 291 g/mol. The molecule has 0 aromatic rings. The summed E-state index contributed by atoms with van der Waals surface area (Å²) in [6.07, 6.45) is 7.04. The summed E-state index contributed by atoms with van der Waals surface area (Å²) < 4.78 is 0. The van der Waals surface area contributed by atoms with Gasteiger partial charge in [-0.2, -0.15) is 0 Å². The lowest BCUT2D eigenvalue weighted by Crippen LogP contribution is -2.62. The topological polar surface area (TPSA) is 75.4 Å². The van der Waals surface area contributed by atoms with Crippen LogP contribution in [-0.4, -0.2) is 36.0 Å². The van der Waals surface area contributed by atoms with Crippen molar-refractivity contribution in [2.75, 3.05) is 13.1 Å². The highest BCUT2D eigenvalue weighted by Crippen LogP contribution is 2.40. The first-order chi connectivity index (χ1) is 9.79. The number of nitrogens with two attached hydrogens (primary N) is 1. The third-order valence-corrected chi connectivity index (χ3v) is 4.48. The Morgan fingerprint density at radius 1 is 1.38 bits per heavy atom. The Labute approximate surface area is 126 Å². The van der Waals surface area contributed by atoms with E-state index < -0.39 is 6.03 Å². The fourth-order valence-electron chi connectivity index (χ4n) is 3.17. The third kappa shape index (κ3) is 3.65. The first-order valence-corrected chi connectivity index (χ1v) is 7.53. The third-order valence-electron chi connectivity index (χ3n) is 4.48. The molecular formula is C16H25N3O2. The molecule has 1 aliphatic heterocycles.